The summed E-state index contributed by atoms with van der Waals surface area (Å²) in [6.07, 6.45) is -4.68. The number of hydrogen-bond acceptors (Lipinski definition) is 4. The Hall–Kier alpha value is -3.53. The Bertz CT molecular complexity index is 1290. The number of carbonyl (C=O) groups excluding carboxylic acids is 1. The van der Waals surface area contributed by atoms with Crippen molar-refractivity contribution in [3.8, 4) is 5.75 Å². The van der Waals surface area contributed by atoms with Crippen LogP contribution in [-0.2, 0) is 21.0 Å². The lowest BCUT2D eigenvalue weighted by atomic mass is 10.1. The fourth-order valence-electron chi connectivity index (χ4n) is 3.51. The minimum atomic E-state index is -4.68. The fraction of sp³-hybridized carbons (Fsp3) is 0.240. The first kappa shape index (κ1) is 26.1. The van der Waals surface area contributed by atoms with Crippen LogP contribution in [0.15, 0.2) is 77.7 Å². The molecule has 3 aromatic carbocycles. The predicted octanol–water partition coefficient (Wildman–Crippen LogP) is 5.10. The van der Waals surface area contributed by atoms with Gasteiger partial charge in [-0.1, -0.05) is 42.0 Å². The molecule has 0 aliphatic heterocycles. The van der Waals surface area contributed by atoms with Crippen molar-refractivity contribution in [2.75, 3.05) is 18.0 Å². The molecule has 0 unspecified atom stereocenters. The molecule has 0 aromatic heterocycles. The fourth-order valence-corrected chi connectivity index (χ4v) is 4.92. The number of ether oxygens (including phenoxy) is 1. The lowest BCUT2D eigenvalue weighted by molar-refractivity contribution is -0.137. The quantitative estimate of drug-likeness (QED) is 0.462. The number of nitrogens with zero attached hydrogens (tertiary/aromatic N) is 1. The van der Waals surface area contributed by atoms with Crippen LogP contribution in [0, 0.1) is 6.92 Å². The Labute approximate surface area is 202 Å². The molecule has 3 rings (SSSR count). The Morgan fingerprint density at radius 2 is 1.69 bits per heavy atom. The van der Waals surface area contributed by atoms with Crippen molar-refractivity contribution in [3.63, 3.8) is 0 Å². The summed E-state index contributed by atoms with van der Waals surface area (Å²) >= 11 is 0. The van der Waals surface area contributed by atoms with Crippen molar-refractivity contribution >= 4 is 21.6 Å². The van der Waals surface area contributed by atoms with Crippen LogP contribution in [0.3, 0.4) is 0 Å². The molecule has 1 atom stereocenters. The first-order valence-corrected chi connectivity index (χ1v) is 12.1. The van der Waals surface area contributed by atoms with Crippen molar-refractivity contribution in [2.45, 2.75) is 31.0 Å². The predicted molar refractivity (Wildman–Crippen MR) is 127 cm³/mol. The molecule has 35 heavy (non-hydrogen) atoms. The van der Waals surface area contributed by atoms with Gasteiger partial charge in [-0.05, 0) is 50.2 Å². The van der Waals surface area contributed by atoms with E-state index in [2.05, 4.69) is 5.32 Å². The number of benzene rings is 3. The van der Waals surface area contributed by atoms with Crippen LogP contribution in [0.2, 0.25) is 0 Å². The third-order valence-electron chi connectivity index (χ3n) is 5.34. The summed E-state index contributed by atoms with van der Waals surface area (Å²) in [6, 6.07) is 16.1. The van der Waals surface area contributed by atoms with Crippen LogP contribution in [0.5, 0.6) is 5.75 Å². The minimum Gasteiger partial charge on any atom is -0.496 e. The topological polar surface area (TPSA) is 75.7 Å². The highest BCUT2D eigenvalue weighted by molar-refractivity contribution is 7.92. The molecule has 0 aliphatic carbocycles. The normalized spacial score (nSPS) is 12.6. The first-order chi connectivity index (χ1) is 16.4. The zero-order valence-electron chi connectivity index (χ0n) is 19.3. The van der Waals surface area contributed by atoms with Gasteiger partial charge in [0.25, 0.3) is 10.0 Å². The Morgan fingerprint density at radius 3 is 2.31 bits per heavy atom. The second-order valence-corrected chi connectivity index (χ2v) is 9.77. The number of alkyl halides is 3. The van der Waals surface area contributed by atoms with Gasteiger partial charge in [-0.15, -0.1) is 0 Å². The molecule has 0 bridgehead atoms. The number of halogens is 3. The largest absolute Gasteiger partial charge is 0.496 e. The number of anilines is 1. The second-order valence-electron chi connectivity index (χ2n) is 7.90. The number of methoxy groups -OCH3 is 1. The highest BCUT2D eigenvalue weighted by Gasteiger charge is 2.33. The Morgan fingerprint density at radius 1 is 1.03 bits per heavy atom. The number of rotatable bonds is 8. The number of aryl methyl sites for hydroxylation is 1. The van der Waals surface area contributed by atoms with Crippen LogP contribution < -0.4 is 14.4 Å². The smallest absolute Gasteiger partial charge is 0.416 e. The van der Waals surface area contributed by atoms with Gasteiger partial charge in [-0.3, -0.25) is 9.10 Å². The van der Waals surface area contributed by atoms with E-state index in [9.17, 15) is 26.4 Å². The van der Waals surface area contributed by atoms with E-state index in [1.807, 2.05) is 0 Å². The first-order valence-electron chi connectivity index (χ1n) is 10.6. The lowest BCUT2D eigenvalue weighted by Crippen LogP contribution is -2.41. The zero-order valence-corrected chi connectivity index (χ0v) is 20.2. The van der Waals surface area contributed by atoms with Crippen molar-refractivity contribution in [2.24, 2.45) is 0 Å². The maximum absolute atomic E-state index is 13.4. The summed E-state index contributed by atoms with van der Waals surface area (Å²) in [4.78, 5) is 12.8. The van der Waals surface area contributed by atoms with Gasteiger partial charge in [-0.2, -0.15) is 13.2 Å². The van der Waals surface area contributed by atoms with E-state index >= 15 is 0 Å². The molecule has 0 spiro atoms. The van der Waals surface area contributed by atoms with Crippen LogP contribution in [0.25, 0.3) is 0 Å². The molecule has 1 amide bonds. The van der Waals surface area contributed by atoms with Gasteiger partial charge in [0.05, 0.1) is 29.3 Å². The molecule has 186 valence electrons. The van der Waals surface area contributed by atoms with Gasteiger partial charge >= 0.3 is 6.18 Å². The zero-order chi connectivity index (χ0) is 25.8. The number of para-hydroxylation sites is 1. The monoisotopic (exact) mass is 506 g/mol. The SMILES string of the molecule is COc1ccccc1[C@H](C)NC(=O)CN(c1cccc(C(F)(F)F)c1)S(=O)(=O)c1ccc(C)cc1. The molecule has 0 saturated heterocycles. The summed E-state index contributed by atoms with van der Waals surface area (Å²) < 4.78 is 72.9. The van der Waals surface area contributed by atoms with E-state index in [0.717, 1.165) is 17.7 Å². The summed E-state index contributed by atoms with van der Waals surface area (Å²) in [5, 5.41) is 2.70. The highest BCUT2D eigenvalue weighted by atomic mass is 32.2. The van der Waals surface area contributed by atoms with Gasteiger partial charge in [0.15, 0.2) is 0 Å². The second kappa shape index (κ2) is 10.4. The van der Waals surface area contributed by atoms with E-state index in [1.165, 1.54) is 25.3 Å². The Kier molecular flexibility index (Phi) is 7.74. The van der Waals surface area contributed by atoms with Crippen LogP contribution in [-0.4, -0.2) is 28.0 Å². The molecular weight excluding hydrogens is 481 g/mol. The maximum Gasteiger partial charge on any atom is 0.416 e. The summed E-state index contributed by atoms with van der Waals surface area (Å²) in [7, 11) is -2.88. The molecule has 0 saturated carbocycles. The van der Waals surface area contributed by atoms with Gasteiger partial charge in [0.1, 0.15) is 12.3 Å². The molecule has 1 N–H and O–H groups in total. The number of carbonyl (C=O) groups is 1. The number of sulfonamides is 1. The molecule has 0 heterocycles. The van der Waals surface area contributed by atoms with Crippen molar-refractivity contribution in [1.29, 1.82) is 0 Å². The van der Waals surface area contributed by atoms with Crippen LogP contribution in [0.1, 0.15) is 29.7 Å². The summed E-state index contributed by atoms with van der Waals surface area (Å²) in [5.74, 6) is -0.168. The van der Waals surface area contributed by atoms with Gasteiger partial charge < -0.3 is 10.1 Å². The third kappa shape index (κ3) is 6.13. The van der Waals surface area contributed by atoms with E-state index in [4.69, 9.17) is 4.74 Å². The molecule has 0 aliphatic rings. The molecule has 0 fully saturated rings. The number of nitrogens with one attached hydrogen (secondary N) is 1. The van der Waals surface area contributed by atoms with Crippen molar-refractivity contribution in [3.05, 3.63) is 89.5 Å². The highest BCUT2D eigenvalue weighted by Crippen LogP contribution is 2.33. The van der Waals surface area contributed by atoms with E-state index in [0.29, 0.717) is 21.7 Å². The van der Waals surface area contributed by atoms with Crippen molar-refractivity contribution in [1.82, 2.24) is 5.32 Å². The van der Waals surface area contributed by atoms with Gasteiger partial charge in [0.2, 0.25) is 5.91 Å². The molecule has 3 aromatic rings. The van der Waals surface area contributed by atoms with Gasteiger partial charge in [0, 0.05) is 5.56 Å². The third-order valence-corrected chi connectivity index (χ3v) is 7.13. The van der Waals surface area contributed by atoms with Gasteiger partial charge in [-0.25, -0.2) is 8.42 Å². The van der Waals surface area contributed by atoms with Crippen LogP contribution in [0.4, 0.5) is 18.9 Å². The maximum atomic E-state index is 13.4. The minimum absolute atomic E-state index is 0.147. The lowest BCUT2D eigenvalue weighted by Gasteiger charge is -2.26. The molecule has 10 heteroatoms. The van der Waals surface area contributed by atoms with E-state index in [1.54, 1.807) is 50.2 Å². The average molecular weight is 507 g/mol. The number of hydrogen-bond donors (Lipinski definition) is 1. The molecular formula is C25H25F3N2O4S. The number of amides is 1. The average Bonchev–Trinajstić information content (AvgIpc) is 2.82. The van der Waals surface area contributed by atoms with Crippen molar-refractivity contribution < 1.29 is 31.1 Å². The van der Waals surface area contributed by atoms with E-state index in [-0.39, 0.29) is 10.6 Å². The standard InChI is InChI=1S/C25H25F3N2O4S/c1-17-11-13-21(14-12-17)35(32,33)30(20-8-6-7-19(15-20)25(26,27)28)16-24(31)29-18(2)22-9-4-5-10-23(22)34-3/h4-15,18H,16H2,1-3H3,(H,29,31)/t18-/m0/s1. The summed E-state index contributed by atoms with van der Waals surface area (Å²) in [5.41, 5.74) is 0.163. The van der Waals surface area contributed by atoms with E-state index < -0.39 is 40.3 Å². The Balaban J connectivity index is 1.97. The molecule has 0 radical (unpaired) electrons. The summed E-state index contributed by atoms with van der Waals surface area (Å²) in [6.45, 7) is 2.74. The molecule has 6 nitrogen and oxygen atoms in total. The van der Waals surface area contributed by atoms with Crippen LogP contribution >= 0.6 is 0 Å².